The Morgan fingerprint density at radius 3 is 1.86 bits per heavy atom. The second kappa shape index (κ2) is 14.6. The highest BCUT2D eigenvalue weighted by atomic mass is 79.9. The van der Waals surface area contributed by atoms with Crippen LogP contribution >= 0.6 is 39.1 Å². The minimum Gasteiger partial charge on any atom is -0.363 e. The topological polar surface area (TPSA) is 109 Å². The van der Waals surface area contributed by atoms with Crippen LogP contribution in [-0.4, -0.2) is 48.0 Å². The first-order valence-electron chi connectivity index (χ1n) is 16.0. The second-order valence-electron chi connectivity index (χ2n) is 12.2. The molecule has 258 valence electrons. The van der Waals surface area contributed by atoms with Gasteiger partial charge in [0, 0.05) is 68.7 Å². The summed E-state index contributed by atoms with van der Waals surface area (Å²) < 4.78 is 39.6. The molecule has 1 saturated carbocycles. The van der Waals surface area contributed by atoms with Crippen LogP contribution in [0.2, 0.25) is 10.0 Å². The first-order valence-corrected chi connectivity index (χ1v) is 17.5. The Morgan fingerprint density at radius 1 is 0.720 bits per heavy atom. The summed E-state index contributed by atoms with van der Waals surface area (Å²) in [6.07, 6.45) is 6.94. The fourth-order valence-corrected chi connectivity index (χ4v) is 6.75. The highest BCUT2D eigenvalue weighted by molar-refractivity contribution is 9.10. The third-order valence-electron chi connectivity index (χ3n) is 8.84. The van der Waals surface area contributed by atoms with E-state index in [9.17, 15) is 13.2 Å². The number of fused-ring (bicyclic) bond motifs is 2. The normalized spacial score (nSPS) is 16.1. The van der Waals surface area contributed by atoms with Gasteiger partial charge in [0.2, 0.25) is 0 Å². The SMILES string of the molecule is Clc1ccc(N2CCc3ncnc(Br)c3C2)nc1.FC(F)(F)c1ccc([C@H](Nc2ncnc3c2CN(c2ccc(Cl)cn2)CC3)C2CC2)cn1. The van der Waals surface area contributed by atoms with E-state index < -0.39 is 11.9 Å². The lowest BCUT2D eigenvalue weighted by molar-refractivity contribution is -0.141. The summed E-state index contributed by atoms with van der Waals surface area (Å²) in [5.41, 5.74) is 4.03. The average molecular weight is 786 g/mol. The second-order valence-corrected chi connectivity index (χ2v) is 13.8. The molecule has 0 amide bonds. The van der Waals surface area contributed by atoms with E-state index in [0.717, 1.165) is 95.7 Å². The molecule has 0 saturated heterocycles. The summed E-state index contributed by atoms with van der Waals surface area (Å²) >= 11 is 15.3. The molecule has 1 fully saturated rings. The smallest absolute Gasteiger partial charge is 0.363 e. The number of rotatable bonds is 6. The summed E-state index contributed by atoms with van der Waals surface area (Å²) in [6, 6.07) is 9.86. The predicted octanol–water partition coefficient (Wildman–Crippen LogP) is 7.91. The Morgan fingerprint density at radius 2 is 1.32 bits per heavy atom. The Hall–Kier alpha value is -4.14. The van der Waals surface area contributed by atoms with Gasteiger partial charge in [0.15, 0.2) is 0 Å². The van der Waals surface area contributed by atoms with E-state index in [2.05, 4.69) is 65.9 Å². The van der Waals surface area contributed by atoms with Crippen LogP contribution in [0.5, 0.6) is 0 Å². The number of hydrogen-bond acceptors (Lipinski definition) is 10. The van der Waals surface area contributed by atoms with Crippen LogP contribution < -0.4 is 15.1 Å². The lowest BCUT2D eigenvalue weighted by atomic mass is 10.0. The van der Waals surface area contributed by atoms with Crippen molar-refractivity contribution in [1.82, 2.24) is 34.9 Å². The van der Waals surface area contributed by atoms with Gasteiger partial charge in [-0.2, -0.15) is 13.2 Å². The number of anilines is 3. The van der Waals surface area contributed by atoms with Crippen LogP contribution in [-0.2, 0) is 32.1 Å². The van der Waals surface area contributed by atoms with Gasteiger partial charge in [-0.1, -0.05) is 29.3 Å². The van der Waals surface area contributed by atoms with Crippen LogP contribution in [0.25, 0.3) is 0 Å². The molecule has 50 heavy (non-hydrogen) atoms. The maximum atomic E-state index is 12.9. The zero-order chi connectivity index (χ0) is 34.8. The molecule has 1 atom stereocenters. The van der Waals surface area contributed by atoms with E-state index in [-0.39, 0.29) is 6.04 Å². The molecule has 0 spiro atoms. The van der Waals surface area contributed by atoms with E-state index in [1.807, 2.05) is 18.2 Å². The van der Waals surface area contributed by atoms with E-state index in [4.69, 9.17) is 23.2 Å². The molecule has 0 bridgehead atoms. The predicted molar refractivity (Wildman–Crippen MR) is 188 cm³/mol. The molecule has 0 unspecified atom stereocenters. The summed E-state index contributed by atoms with van der Waals surface area (Å²) in [7, 11) is 0. The summed E-state index contributed by atoms with van der Waals surface area (Å²) in [5, 5.41) is 4.72. The molecule has 0 radical (unpaired) electrons. The fraction of sp³-hybridized carbons (Fsp3) is 0.324. The molecule has 7 heterocycles. The van der Waals surface area contributed by atoms with Crippen molar-refractivity contribution in [1.29, 1.82) is 0 Å². The van der Waals surface area contributed by atoms with Gasteiger partial charge >= 0.3 is 6.18 Å². The molecule has 16 heteroatoms. The Kier molecular flexibility index (Phi) is 10.0. The molecule has 2 aliphatic heterocycles. The minimum atomic E-state index is -4.45. The minimum absolute atomic E-state index is 0.159. The van der Waals surface area contributed by atoms with Gasteiger partial charge in [0.05, 0.1) is 27.5 Å². The van der Waals surface area contributed by atoms with Crippen molar-refractivity contribution >= 4 is 56.6 Å². The van der Waals surface area contributed by atoms with Crippen molar-refractivity contribution in [3.8, 4) is 0 Å². The summed E-state index contributed by atoms with van der Waals surface area (Å²) in [5.74, 6) is 2.78. The highest BCUT2D eigenvalue weighted by Crippen LogP contribution is 2.43. The number of halogens is 6. The molecule has 0 aromatic carbocycles. The van der Waals surface area contributed by atoms with Crippen molar-refractivity contribution in [3.63, 3.8) is 0 Å². The van der Waals surface area contributed by atoms with Gasteiger partial charge in [0.1, 0.15) is 40.4 Å². The van der Waals surface area contributed by atoms with Crippen LogP contribution in [0, 0.1) is 5.92 Å². The monoisotopic (exact) mass is 784 g/mol. The van der Waals surface area contributed by atoms with Gasteiger partial charge in [-0.15, -0.1) is 0 Å². The molecule has 8 rings (SSSR count). The number of nitrogens with zero attached hydrogens (tertiary/aromatic N) is 9. The number of nitrogens with one attached hydrogen (secondary N) is 1. The maximum Gasteiger partial charge on any atom is 0.433 e. The standard InChI is InChI=1S/C22H20ClF3N6.C12H10BrClN4/c23-15-4-6-19(28-10-15)32-8-7-17-16(11-32)21(30-12-29-17)31-20(13-1-2-13)14-3-5-18(27-9-14)22(24,25)26;13-12-9-6-18(4-3-10(9)16-7-17-12)11-2-1-8(14)5-15-11/h3-6,9-10,12-13,20H,1-2,7-8,11H2,(H,29,30,31);1-2,5,7H,3-4,6H2/t20-;/m1./s1. The van der Waals surface area contributed by atoms with Crippen molar-refractivity contribution in [2.75, 3.05) is 28.2 Å². The lowest BCUT2D eigenvalue weighted by Gasteiger charge is -2.31. The Balaban J connectivity index is 0.000000184. The molecule has 5 aromatic rings. The van der Waals surface area contributed by atoms with Crippen molar-refractivity contribution < 1.29 is 13.2 Å². The zero-order valence-corrected chi connectivity index (χ0v) is 29.6. The van der Waals surface area contributed by atoms with Gasteiger partial charge < -0.3 is 15.1 Å². The van der Waals surface area contributed by atoms with Crippen LogP contribution in [0.3, 0.4) is 0 Å². The number of alkyl halides is 3. The molecule has 1 N–H and O–H groups in total. The highest BCUT2D eigenvalue weighted by Gasteiger charge is 2.36. The van der Waals surface area contributed by atoms with Gasteiger partial charge in [-0.05, 0) is 70.6 Å². The van der Waals surface area contributed by atoms with Crippen LogP contribution in [0.1, 0.15) is 52.7 Å². The number of hydrogen-bond donors (Lipinski definition) is 1. The largest absolute Gasteiger partial charge is 0.433 e. The first kappa shape index (κ1) is 34.3. The van der Waals surface area contributed by atoms with Crippen LogP contribution in [0.15, 0.2) is 72.2 Å². The Labute approximate surface area is 304 Å². The van der Waals surface area contributed by atoms with Crippen molar-refractivity contribution in [3.05, 3.63) is 116 Å². The maximum absolute atomic E-state index is 12.9. The van der Waals surface area contributed by atoms with E-state index in [0.29, 0.717) is 28.3 Å². The molecule has 3 aliphatic rings. The van der Waals surface area contributed by atoms with Gasteiger partial charge in [-0.3, -0.25) is 4.98 Å². The number of aromatic nitrogens is 7. The average Bonchev–Trinajstić information content (AvgIpc) is 3.97. The lowest BCUT2D eigenvalue weighted by Crippen LogP contribution is -2.32. The quantitative estimate of drug-likeness (QED) is 0.171. The van der Waals surface area contributed by atoms with E-state index >= 15 is 0 Å². The van der Waals surface area contributed by atoms with Crippen molar-refractivity contribution in [2.45, 2.75) is 51.0 Å². The number of pyridine rings is 3. The fourth-order valence-electron chi connectivity index (χ4n) is 6.08. The van der Waals surface area contributed by atoms with Crippen LogP contribution in [0.4, 0.5) is 30.6 Å². The molecule has 10 nitrogen and oxygen atoms in total. The summed E-state index contributed by atoms with van der Waals surface area (Å²) in [4.78, 5) is 34.1. The third kappa shape index (κ3) is 7.92. The van der Waals surface area contributed by atoms with Crippen molar-refractivity contribution in [2.24, 2.45) is 5.92 Å². The van der Waals surface area contributed by atoms with Gasteiger partial charge in [0.25, 0.3) is 0 Å². The van der Waals surface area contributed by atoms with Gasteiger partial charge in [-0.25, -0.2) is 29.9 Å². The third-order valence-corrected chi connectivity index (χ3v) is 9.98. The molecular formula is C34H30BrCl2F3N10. The molecular weight excluding hydrogens is 756 g/mol. The molecule has 1 aliphatic carbocycles. The zero-order valence-electron chi connectivity index (χ0n) is 26.5. The van der Waals surface area contributed by atoms with E-state index in [1.165, 1.54) is 18.6 Å². The Bertz CT molecular complexity index is 1950. The summed E-state index contributed by atoms with van der Waals surface area (Å²) in [6.45, 7) is 3.03. The first-order chi connectivity index (χ1) is 24.1. The molecule has 5 aromatic heterocycles. The van der Waals surface area contributed by atoms with E-state index in [1.54, 1.807) is 24.8 Å².